The molecule has 0 aliphatic carbocycles. The van der Waals surface area contributed by atoms with Crippen LogP contribution in [0.5, 0.6) is 5.75 Å². The van der Waals surface area contributed by atoms with Crippen LogP contribution in [0, 0.1) is 5.41 Å². The molecule has 1 aromatic rings. The minimum absolute atomic E-state index is 0.0702. The molecule has 0 unspecified atom stereocenters. The number of methoxy groups -OCH3 is 1. The highest BCUT2D eigenvalue weighted by atomic mass is 35.5. The summed E-state index contributed by atoms with van der Waals surface area (Å²) in [6.07, 6.45) is 1.85. The van der Waals surface area contributed by atoms with E-state index in [1.165, 1.54) is 0 Å². The van der Waals surface area contributed by atoms with Crippen molar-refractivity contribution < 1.29 is 14.6 Å². The van der Waals surface area contributed by atoms with Gasteiger partial charge in [0.2, 0.25) is 5.91 Å². The monoisotopic (exact) mass is 313 g/mol. The zero-order valence-corrected chi connectivity index (χ0v) is 13.7. The molecule has 0 atom stereocenters. The molecule has 0 saturated heterocycles. The van der Waals surface area contributed by atoms with Crippen LogP contribution < -0.4 is 10.1 Å². The number of benzene rings is 1. The fourth-order valence-corrected chi connectivity index (χ4v) is 2.38. The molecule has 5 heteroatoms. The van der Waals surface area contributed by atoms with E-state index in [0.717, 1.165) is 18.4 Å². The molecule has 118 valence electrons. The summed E-state index contributed by atoms with van der Waals surface area (Å²) >= 11 is 5.95. The van der Waals surface area contributed by atoms with Gasteiger partial charge in [-0.2, -0.15) is 0 Å². The SMILES string of the molecule is CCC(CC)(CO)CNC(=O)Cc1cc(Cl)ccc1OC. The first-order valence-corrected chi connectivity index (χ1v) is 7.58. The van der Waals surface area contributed by atoms with E-state index in [1.807, 2.05) is 13.8 Å². The Morgan fingerprint density at radius 1 is 1.38 bits per heavy atom. The van der Waals surface area contributed by atoms with Crippen LogP contribution in [0.2, 0.25) is 5.02 Å². The molecule has 0 aromatic heterocycles. The van der Waals surface area contributed by atoms with Crippen LogP contribution in [0.4, 0.5) is 0 Å². The number of nitrogens with one attached hydrogen (secondary N) is 1. The number of aliphatic hydroxyl groups is 1. The average Bonchev–Trinajstić information content (AvgIpc) is 2.49. The Hall–Kier alpha value is -1.26. The van der Waals surface area contributed by atoms with Crippen molar-refractivity contribution >= 4 is 17.5 Å². The van der Waals surface area contributed by atoms with E-state index in [-0.39, 0.29) is 24.3 Å². The molecule has 0 heterocycles. The van der Waals surface area contributed by atoms with Gasteiger partial charge < -0.3 is 15.2 Å². The molecular weight excluding hydrogens is 290 g/mol. The predicted octanol–water partition coefficient (Wildman–Crippen LogP) is 2.81. The Morgan fingerprint density at radius 3 is 2.57 bits per heavy atom. The topological polar surface area (TPSA) is 58.6 Å². The highest BCUT2D eigenvalue weighted by Gasteiger charge is 2.25. The van der Waals surface area contributed by atoms with Gasteiger partial charge in [0.15, 0.2) is 0 Å². The van der Waals surface area contributed by atoms with E-state index in [2.05, 4.69) is 5.32 Å². The number of rotatable bonds is 8. The van der Waals surface area contributed by atoms with Gasteiger partial charge in [-0.05, 0) is 31.0 Å². The van der Waals surface area contributed by atoms with Crippen LogP contribution in [0.1, 0.15) is 32.3 Å². The van der Waals surface area contributed by atoms with Crippen LogP contribution in [0.15, 0.2) is 18.2 Å². The molecule has 2 N–H and O–H groups in total. The maximum atomic E-state index is 12.1. The van der Waals surface area contributed by atoms with Gasteiger partial charge in [0.25, 0.3) is 0 Å². The Morgan fingerprint density at radius 2 is 2.05 bits per heavy atom. The molecule has 1 aromatic carbocycles. The van der Waals surface area contributed by atoms with Crippen LogP contribution in [-0.4, -0.2) is 31.3 Å². The average molecular weight is 314 g/mol. The lowest BCUT2D eigenvalue weighted by molar-refractivity contribution is -0.121. The third-order valence-corrected chi connectivity index (χ3v) is 4.32. The standard InChI is InChI=1S/C16H24ClNO3/c1-4-16(5-2,11-19)10-18-15(20)9-12-8-13(17)6-7-14(12)21-3/h6-8,19H,4-5,9-11H2,1-3H3,(H,18,20). The van der Waals surface area contributed by atoms with Crippen molar-refractivity contribution in [3.05, 3.63) is 28.8 Å². The number of amides is 1. The largest absolute Gasteiger partial charge is 0.496 e. The fraction of sp³-hybridized carbons (Fsp3) is 0.562. The highest BCUT2D eigenvalue weighted by Crippen LogP contribution is 2.25. The quantitative estimate of drug-likeness (QED) is 0.776. The minimum atomic E-state index is -0.242. The van der Waals surface area contributed by atoms with Crippen molar-refractivity contribution in [1.29, 1.82) is 0 Å². The second-order valence-electron chi connectivity index (χ2n) is 5.27. The Bertz CT molecular complexity index is 464. The lowest BCUT2D eigenvalue weighted by Gasteiger charge is -2.29. The first-order valence-electron chi connectivity index (χ1n) is 7.20. The van der Waals surface area contributed by atoms with Gasteiger partial charge in [-0.25, -0.2) is 0 Å². The molecule has 0 aliphatic rings. The van der Waals surface area contributed by atoms with Gasteiger partial charge in [0, 0.05) is 22.5 Å². The van der Waals surface area contributed by atoms with E-state index in [9.17, 15) is 9.90 Å². The maximum Gasteiger partial charge on any atom is 0.224 e. The fourth-order valence-electron chi connectivity index (χ4n) is 2.19. The van der Waals surface area contributed by atoms with Gasteiger partial charge in [0.05, 0.1) is 20.1 Å². The number of carbonyl (C=O) groups is 1. The normalized spacial score (nSPS) is 11.3. The zero-order valence-electron chi connectivity index (χ0n) is 12.9. The maximum absolute atomic E-state index is 12.1. The van der Waals surface area contributed by atoms with Crippen LogP contribution >= 0.6 is 11.6 Å². The van der Waals surface area contributed by atoms with E-state index in [4.69, 9.17) is 16.3 Å². The minimum Gasteiger partial charge on any atom is -0.496 e. The van der Waals surface area contributed by atoms with Gasteiger partial charge in [-0.1, -0.05) is 25.4 Å². The number of carbonyl (C=O) groups excluding carboxylic acids is 1. The molecule has 4 nitrogen and oxygen atoms in total. The second-order valence-corrected chi connectivity index (χ2v) is 5.71. The summed E-state index contributed by atoms with van der Waals surface area (Å²) in [4.78, 5) is 12.1. The molecule has 0 bridgehead atoms. The molecule has 21 heavy (non-hydrogen) atoms. The smallest absolute Gasteiger partial charge is 0.224 e. The second kappa shape index (κ2) is 8.25. The lowest BCUT2D eigenvalue weighted by Crippen LogP contribution is -2.40. The summed E-state index contributed by atoms with van der Waals surface area (Å²) in [6, 6.07) is 5.21. The number of aliphatic hydroxyl groups excluding tert-OH is 1. The summed E-state index contributed by atoms with van der Waals surface area (Å²) in [6.45, 7) is 4.58. The molecule has 0 radical (unpaired) electrons. The number of hydrogen-bond donors (Lipinski definition) is 2. The zero-order chi connectivity index (χ0) is 15.9. The Labute approximate surface area is 131 Å². The predicted molar refractivity (Wildman–Crippen MR) is 84.8 cm³/mol. The van der Waals surface area contributed by atoms with Crippen LogP contribution in [-0.2, 0) is 11.2 Å². The Balaban J connectivity index is 2.68. The molecular formula is C16H24ClNO3. The van der Waals surface area contributed by atoms with E-state index in [0.29, 0.717) is 17.3 Å². The van der Waals surface area contributed by atoms with Crippen molar-refractivity contribution in [3.8, 4) is 5.75 Å². The van der Waals surface area contributed by atoms with Crippen molar-refractivity contribution in [3.63, 3.8) is 0 Å². The molecule has 0 saturated carbocycles. The van der Waals surface area contributed by atoms with Gasteiger partial charge in [0.1, 0.15) is 5.75 Å². The summed E-state index contributed by atoms with van der Waals surface area (Å²) < 4.78 is 5.23. The summed E-state index contributed by atoms with van der Waals surface area (Å²) in [5, 5.41) is 13.0. The highest BCUT2D eigenvalue weighted by molar-refractivity contribution is 6.30. The van der Waals surface area contributed by atoms with Crippen LogP contribution in [0.25, 0.3) is 0 Å². The lowest BCUT2D eigenvalue weighted by atomic mass is 9.83. The van der Waals surface area contributed by atoms with Gasteiger partial charge in [-0.15, -0.1) is 0 Å². The number of halogens is 1. The third-order valence-electron chi connectivity index (χ3n) is 4.09. The van der Waals surface area contributed by atoms with E-state index < -0.39 is 0 Å². The third kappa shape index (κ3) is 4.90. The van der Waals surface area contributed by atoms with Crippen molar-refractivity contribution in [2.45, 2.75) is 33.1 Å². The van der Waals surface area contributed by atoms with Gasteiger partial charge >= 0.3 is 0 Å². The molecule has 1 rings (SSSR count). The Kier molecular flexibility index (Phi) is 6.99. The van der Waals surface area contributed by atoms with E-state index >= 15 is 0 Å². The summed E-state index contributed by atoms with van der Waals surface area (Å²) in [7, 11) is 1.57. The first-order chi connectivity index (χ1) is 10.00. The number of ether oxygens (including phenoxy) is 1. The molecule has 0 spiro atoms. The molecule has 0 aliphatic heterocycles. The van der Waals surface area contributed by atoms with Gasteiger partial charge in [-0.3, -0.25) is 4.79 Å². The molecule has 1 amide bonds. The van der Waals surface area contributed by atoms with Crippen molar-refractivity contribution in [1.82, 2.24) is 5.32 Å². The summed E-state index contributed by atoms with van der Waals surface area (Å²) in [5.74, 6) is 0.546. The number of hydrogen-bond acceptors (Lipinski definition) is 3. The summed E-state index contributed by atoms with van der Waals surface area (Å²) in [5.41, 5.74) is 0.513. The van der Waals surface area contributed by atoms with E-state index in [1.54, 1.807) is 25.3 Å². The van der Waals surface area contributed by atoms with Crippen LogP contribution in [0.3, 0.4) is 0 Å². The van der Waals surface area contributed by atoms with Crippen molar-refractivity contribution in [2.24, 2.45) is 5.41 Å². The van der Waals surface area contributed by atoms with Crippen molar-refractivity contribution in [2.75, 3.05) is 20.3 Å². The first kappa shape index (κ1) is 17.8. The molecule has 0 fully saturated rings.